The van der Waals surface area contributed by atoms with Crippen LogP contribution in [0.2, 0.25) is 0 Å². The number of nitrogen functional groups attached to an aromatic ring is 1. The van der Waals surface area contributed by atoms with Gasteiger partial charge >= 0.3 is 5.69 Å². The summed E-state index contributed by atoms with van der Waals surface area (Å²) in [5.74, 6) is -1.87. The Bertz CT molecular complexity index is 1470. The highest BCUT2D eigenvalue weighted by Gasteiger charge is 2.49. The molecule has 0 spiro atoms. The topological polar surface area (TPSA) is 428 Å². The smallest absolute Gasteiger partial charge is 0.351 e. The van der Waals surface area contributed by atoms with Crippen molar-refractivity contribution in [3.05, 3.63) is 22.7 Å². The van der Waals surface area contributed by atoms with E-state index in [1.165, 1.54) is 12.3 Å². The maximum absolute atomic E-state index is 13.4. The SMILES string of the molecule is NC[C@H]1O[C@H](O[C@H]2[C@@H](NCCNC(=O)[C@H](CCCN=C(N)N)NC(=O)[C@H]3O[C@@H](n4ccc(N)nc4=O)[C@H](O)[C@@H]3O)[C@@H](O)[C@H](N)C[C@@H]2N)[C@H](N)[C@@H](O)[C@@H]1O. The number of amides is 2. The first-order chi connectivity index (χ1) is 25.0. The maximum atomic E-state index is 13.4. The van der Waals surface area contributed by atoms with Crippen LogP contribution in [0.3, 0.4) is 0 Å². The Morgan fingerprint density at radius 3 is 2.40 bits per heavy atom. The number of hydrogen-bond donors (Lipinski definition) is 15. The lowest BCUT2D eigenvalue weighted by Crippen LogP contribution is -2.70. The van der Waals surface area contributed by atoms with E-state index in [-0.39, 0.29) is 57.2 Å². The number of nitrogens with zero attached hydrogens (tertiary/aromatic N) is 3. The number of nitrogens with two attached hydrogens (primary N) is 7. The lowest BCUT2D eigenvalue weighted by atomic mass is 9.82. The number of carbonyl (C=O) groups is 2. The molecule has 2 aliphatic heterocycles. The minimum Gasteiger partial charge on any atom is -0.390 e. The molecule has 0 bridgehead atoms. The van der Waals surface area contributed by atoms with Gasteiger partial charge in [0, 0.05) is 44.5 Å². The van der Waals surface area contributed by atoms with Gasteiger partial charge in [-0.3, -0.25) is 19.1 Å². The fourth-order valence-electron chi connectivity index (χ4n) is 6.46. The highest BCUT2D eigenvalue weighted by Crippen LogP contribution is 2.29. The van der Waals surface area contributed by atoms with E-state index in [0.717, 1.165) is 4.57 Å². The molecule has 0 radical (unpaired) electrons. The van der Waals surface area contributed by atoms with Crippen molar-refractivity contribution in [1.82, 2.24) is 25.5 Å². The average molecular weight is 760 g/mol. The van der Waals surface area contributed by atoms with Crippen LogP contribution in [-0.4, -0.2) is 164 Å². The lowest BCUT2D eigenvalue weighted by Gasteiger charge is -2.47. The second-order valence-corrected chi connectivity index (χ2v) is 13.2. The number of nitrogens with one attached hydrogen (secondary N) is 3. The van der Waals surface area contributed by atoms with E-state index in [1.54, 1.807) is 0 Å². The summed E-state index contributed by atoms with van der Waals surface area (Å²) >= 11 is 0. The summed E-state index contributed by atoms with van der Waals surface area (Å²) in [5, 5.41) is 61.1. The normalized spacial score (nSPS) is 36.4. The Hall–Kier alpha value is -3.63. The quantitative estimate of drug-likeness (QED) is 0.0448. The predicted molar refractivity (Wildman–Crippen MR) is 185 cm³/mol. The molecule has 3 aliphatic rings. The first-order valence-corrected chi connectivity index (χ1v) is 17.1. The monoisotopic (exact) mass is 759 g/mol. The first-order valence-electron chi connectivity index (χ1n) is 17.1. The molecule has 2 saturated heterocycles. The van der Waals surface area contributed by atoms with Gasteiger partial charge in [0.1, 0.15) is 42.4 Å². The molecule has 1 saturated carbocycles. The van der Waals surface area contributed by atoms with Gasteiger partial charge in [-0.1, -0.05) is 0 Å². The van der Waals surface area contributed by atoms with Crippen molar-refractivity contribution in [3.63, 3.8) is 0 Å². The number of aliphatic imine (C=N–C) groups is 1. The van der Waals surface area contributed by atoms with Crippen molar-refractivity contribution >= 4 is 23.6 Å². The summed E-state index contributed by atoms with van der Waals surface area (Å²) in [6.07, 6.45) is -12.1. The number of aromatic nitrogens is 2. The van der Waals surface area contributed by atoms with Gasteiger partial charge in [-0.2, -0.15) is 4.98 Å². The minimum atomic E-state index is -1.78. The Morgan fingerprint density at radius 2 is 1.74 bits per heavy atom. The highest BCUT2D eigenvalue weighted by molar-refractivity contribution is 5.89. The maximum Gasteiger partial charge on any atom is 0.351 e. The molecule has 1 aromatic rings. The fraction of sp³-hybridized carbons (Fsp3) is 0.759. The number of rotatable bonds is 15. The second kappa shape index (κ2) is 18.6. The Labute approximate surface area is 303 Å². The van der Waals surface area contributed by atoms with Crippen LogP contribution in [0, 0.1) is 0 Å². The summed E-state index contributed by atoms with van der Waals surface area (Å²) in [5.41, 5.74) is 39.6. The molecule has 1 aromatic heterocycles. The molecule has 2 amide bonds. The highest BCUT2D eigenvalue weighted by atomic mass is 16.7. The minimum absolute atomic E-state index is 0.0326. The van der Waals surface area contributed by atoms with Crippen LogP contribution in [-0.2, 0) is 23.8 Å². The zero-order valence-electron chi connectivity index (χ0n) is 28.8. The number of ether oxygens (including phenoxy) is 3. The molecule has 1 aliphatic carbocycles. The largest absolute Gasteiger partial charge is 0.390 e. The molecule has 0 aromatic carbocycles. The summed E-state index contributed by atoms with van der Waals surface area (Å²) in [7, 11) is 0. The van der Waals surface area contributed by atoms with Crippen LogP contribution in [0.5, 0.6) is 0 Å². The third-order valence-electron chi connectivity index (χ3n) is 9.40. The van der Waals surface area contributed by atoms with Gasteiger partial charge in [0.25, 0.3) is 5.91 Å². The van der Waals surface area contributed by atoms with E-state index in [1.807, 2.05) is 0 Å². The van der Waals surface area contributed by atoms with E-state index < -0.39 is 109 Å². The third kappa shape index (κ3) is 10.1. The number of aliphatic hydroxyl groups excluding tert-OH is 5. The van der Waals surface area contributed by atoms with Crippen molar-refractivity contribution in [2.75, 3.05) is 31.9 Å². The Kier molecular flexibility index (Phi) is 14.8. The van der Waals surface area contributed by atoms with Crippen molar-refractivity contribution in [1.29, 1.82) is 0 Å². The van der Waals surface area contributed by atoms with Crippen molar-refractivity contribution in [2.45, 2.75) is 111 Å². The molecule has 4 rings (SSSR count). The third-order valence-corrected chi connectivity index (χ3v) is 9.40. The van der Waals surface area contributed by atoms with Gasteiger partial charge in [-0.25, -0.2) is 4.79 Å². The molecular formula is C29H53N13O11. The van der Waals surface area contributed by atoms with Gasteiger partial charge < -0.3 is 95.8 Å². The first kappa shape index (κ1) is 42.1. The summed E-state index contributed by atoms with van der Waals surface area (Å²) in [6.45, 7) is -0.0205. The molecule has 3 heterocycles. The van der Waals surface area contributed by atoms with Gasteiger partial charge in [-0.15, -0.1) is 0 Å². The van der Waals surface area contributed by atoms with E-state index in [4.69, 9.17) is 54.3 Å². The van der Waals surface area contributed by atoms with Gasteiger partial charge in [0.2, 0.25) is 5.91 Å². The van der Waals surface area contributed by atoms with Crippen LogP contribution < -0.4 is 61.8 Å². The van der Waals surface area contributed by atoms with Crippen LogP contribution in [0.15, 0.2) is 22.1 Å². The van der Waals surface area contributed by atoms with Crippen LogP contribution in [0.1, 0.15) is 25.5 Å². The number of hydrogen-bond acceptors (Lipinski definition) is 19. The van der Waals surface area contributed by atoms with Crippen LogP contribution >= 0.6 is 0 Å². The Balaban J connectivity index is 1.39. The number of aliphatic hydroxyl groups is 5. The van der Waals surface area contributed by atoms with Gasteiger partial charge in [-0.05, 0) is 25.3 Å². The molecule has 22 N–H and O–H groups in total. The zero-order valence-corrected chi connectivity index (χ0v) is 28.8. The summed E-state index contributed by atoms with van der Waals surface area (Å²) in [4.78, 5) is 46.4. The van der Waals surface area contributed by atoms with Crippen molar-refractivity contribution in [2.24, 2.45) is 39.4 Å². The molecule has 15 atom stereocenters. The summed E-state index contributed by atoms with van der Waals surface area (Å²) < 4.78 is 18.2. The van der Waals surface area contributed by atoms with Crippen molar-refractivity contribution in [3.8, 4) is 0 Å². The molecule has 24 nitrogen and oxygen atoms in total. The number of carbonyl (C=O) groups excluding carboxylic acids is 2. The van der Waals surface area contributed by atoms with E-state index in [2.05, 4.69) is 25.9 Å². The molecule has 53 heavy (non-hydrogen) atoms. The van der Waals surface area contributed by atoms with Crippen LogP contribution in [0.25, 0.3) is 0 Å². The predicted octanol–water partition coefficient (Wildman–Crippen LogP) is -9.41. The average Bonchev–Trinajstić information content (AvgIpc) is 3.40. The molecule has 3 fully saturated rings. The molecular weight excluding hydrogens is 706 g/mol. The standard InChI is InChI=1S/C29H53N13O11/c30-9-13-18(44)19(45)15(34)27(51-13)53-22-11(32)8-10(31)17(43)16(22)37-5-6-38-24(48)12(2-1-4-39-28(35)36)40-25(49)23-20(46)21(47)26(52-23)42-7-3-14(33)41-29(42)50/h3,7,10-13,15-23,26-27,37,43-47H,1-2,4-6,8-9,30-32,34H2,(H,38,48)(H,40,49)(H2,33,41,50)(H4,35,36,39)/t10-,11+,12+,13-,15-,16+,17+,18-,19-,20+,21-,22-,23+,26-,27-/m1/s1. The fourth-order valence-corrected chi connectivity index (χ4v) is 6.46. The van der Waals surface area contributed by atoms with E-state index >= 15 is 0 Å². The Morgan fingerprint density at radius 1 is 1.02 bits per heavy atom. The second-order valence-electron chi connectivity index (χ2n) is 13.2. The van der Waals surface area contributed by atoms with E-state index in [9.17, 15) is 39.9 Å². The summed E-state index contributed by atoms with van der Waals surface area (Å²) in [6, 6.07) is -3.47. The number of anilines is 1. The molecule has 0 unspecified atom stereocenters. The van der Waals surface area contributed by atoms with Gasteiger partial charge in [0.15, 0.2) is 24.6 Å². The van der Waals surface area contributed by atoms with Gasteiger partial charge in [0.05, 0.1) is 24.3 Å². The lowest BCUT2D eigenvalue weighted by molar-refractivity contribution is -0.279. The van der Waals surface area contributed by atoms with Crippen LogP contribution in [0.4, 0.5) is 5.82 Å². The molecule has 24 heteroatoms. The number of guanidine groups is 1. The molecule has 300 valence electrons. The van der Waals surface area contributed by atoms with E-state index in [0.29, 0.717) is 0 Å². The zero-order chi connectivity index (χ0) is 39.1. The van der Waals surface area contributed by atoms with Crippen molar-refractivity contribution < 1.29 is 49.3 Å².